The first-order chi connectivity index (χ1) is 13.2. The third-order valence-electron chi connectivity index (χ3n) is 4.12. The number of hydrogen-bond donors (Lipinski definition) is 2. The highest BCUT2D eigenvalue weighted by Crippen LogP contribution is 2.31. The van der Waals surface area contributed by atoms with Gasteiger partial charge in [-0.1, -0.05) is 12.1 Å². The molecule has 0 bridgehead atoms. The van der Waals surface area contributed by atoms with Crippen molar-refractivity contribution in [1.29, 1.82) is 0 Å². The molecule has 0 atom stereocenters. The van der Waals surface area contributed by atoms with Gasteiger partial charge in [0, 0.05) is 32.7 Å². The number of likely N-dealkylation sites (N-methyl/N-ethyl adjacent to an activating group) is 1. The molecule has 1 aromatic rings. The quantitative estimate of drug-likeness (QED) is 0.434. The Hall–Kier alpha value is -2.77. The van der Waals surface area contributed by atoms with Crippen LogP contribution >= 0.6 is 0 Å². The molecule has 0 fully saturated rings. The number of carbonyl (C=O) groups excluding carboxylic acids is 2. The second-order valence-electron chi connectivity index (χ2n) is 7.78. The Morgan fingerprint density at radius 3 is 2.71 bits per heavy atom. The van der Waals surface area contributed by atoms with Gasteiger partial charge in [-0.3, -0.25) is 14.6 Å². The molecule has 0 radical (unpaired) electrons. The van der Waals surface area contributed by atoms with Crippen LogP contribution in [-0.2, 0) is 9.59 Å². The minimum absolute atomic E-state index is 0.0425. The van der Waals surface area contributed by atoms with E-state index in [2.05, 4.69) is 15.6 Å². The lowest BCUT2D eigenvalue weighted by Crippen LogP contribution is -2.49. The number of guanidine groups is 1. The van der Waals surface area contributed by atoms with E-state index in [1.165, 1.54) is 0 Å². The number of para-hydroxylation sites is 2. The molecule has 2 amide bonds. The summed E-state index contributed by atoms with van der Waals surface area (Å²) in [6, 6.07) is 7.54. The van der Waals surface area contributed by atoms with Gasteiger partial charge in [0.2, 0.25) is 5.91 Å². The Morgan fingerprint density at radius 1 is 1.32 bits per heavy atom. The summed E-state index contributed by atoms with van der Waals surface area (Å²) in [4.78, 5) is 32.0. The van der Waals surface area contributed by atoms with E-state index in [4.69, 9.17) is 4.74 Å². The summed E-state index contributed by atoms with van der Waals surface area (Å²) in [5.41, 5.74) is 0.537. The summed E-state index contributed by atoms with van der Waals surface area (Å²) in [6.07, 6.45) is 0.737. The molecule has 1 aromatic carbocycles. The lowest BCUT2D eigenvalue weighted by Gasteiger charge is -2.29. The van der Waals surface area contributed by atoms with Crippen LogP contribution < -0.4 is 20.3 Å². The topological polar surface area (TPSA) is 86.3 Å². The molecule has 2 N–H and O–H groups in total. The smallest absolute Gasteiger partial charge is 0.265 e. The predicted octanol–water partition coefficient (Wildman–Crippen LogP) is 1.22. The van der Waals surface area contributed by atoms with Crippen LogP contribution in [0.1, 0.15) is 27.2 Å². The van der Waals surface area contributed by atoms with E-state index in [0.29, 0.717) is 19.0 Å². The highest BCUT2D eigenvalue weighted by atomic mass is 16.5. The van der Waals surface area contributed by atoms with E-state index in [0.717, 1.165) is 17.9 Å². The molecule has 8 nitrogen and oxygen atoms in total. The van der Waals surface area contributed by atoms with E-state index >= 15 is 0 Å². The largest absolute Gasteiger partial charge is 0.482 e. The van der Waals surface area contributed by atoms with Crippen LogP contribution in [0.4, 0.5) is 5.69 Å². The summed E-state index contributed by atoms with van der Waals surface area (Å²) in [5, 5.41) is 6.18. The van der Waals surface area contributed by atoms with Crippen molar-refractivity contribution in [2.24, 2.45) is 4.99 Å². The van der Waals surface area contributed by atoms with Gasteiger partial charge in [0.15, 0.2) is 12.6 Å². The first-order valence-electron chi connectivity index (χ1n) is 9.46. The number of aliphatic imine (C=N–C) groups is 1. The van der Waals surface area contributed by atoms with Gasteiger partial charge in [-0.05, 0) is 39.3 Å². The zero-order valence-corrected chi connectivity index (χ0v) is 17.4. The Balaban J connectivity index is 1.82. The van der Waals surface area contributed by atoms with Crippen LogP contribution in [-0.4, -0.2) is 68.5 Å². The van der Waals surface area contributed by atoms with Crippen LogP contribution in [0.2, 0.25) is 0 Å². The van der Waals surface area contributed by atoms with Crippen molar-refractivity contribution < 1.29 is 14.3 Å². The summed E-state index contributed by atoms with van der Waals surface area (Å²) in [6.45, 7) is 7.33. The summed E-state index contributed by atoms with van der Waals surface area (Å²) in [5.74, 6) is 1.26. The average molecular weight is 390 g/mol. The van der Waals surface area contributed by atoms with Gasteiger partial charge in [-0.2, -0.15) is 0 Å². The maximum atomic E-state index is 12.2. The minimum Gasteiger partial charge on any atom is -0.482 e. The minimum atomic E-state index is -0.268. The zero-order valence-electron chi connectivity index (χ0n) is 17.4. The van der Waals surface area contributed by atoms with Crippen molar-refractivity contribution in [2.75, 3.05) is 45.2 Å². The summed E-state index contributed by atoms with van der Waals surface area (Å²) in [7, 11) is 3.50. The third-order valence-corrected chi connectivity index (χ3v) is 4.12. The van der Waals surface area contributed by atoms with E-state index in [1.807, 2.05) is 52.1 Å². The van der Waals surface area contributed by atoms with Gasteiger partial charge in [0.05, 0.1) is 12.2 Å². The maximum absolute atomic E-state index is 12.2. The van der Waals surface area contributed by atoms with Crippen LogP contribution in [0.3, 0.4) is 0 Å². The molecule has 8 heteroatoms. The number of anilines is 1. The summed E-state index contributed by atoms with van der Waals surface area (Å²) < 4.78 is 5.46. The molecule has 0 unspecified atom stereocenters. The van der Waals surface area contributed by atoms with Crippen molar-refractivity contribution in [1.82, 2.24) is 15.5 Å². The molecule has 154 valence electrons. The predicted molar refractivity (Wildman–Crippen MR) is 111 cm³/mol. The normalized spacial score (nSPS) is 14.2. The van der Waals surface area contributed by atoms with Crippen molar-refractivity contribution >= 4 is 23.5 Å². The molecular weight excluding hydrogens is 358 g/mol. The number of nitrogens with one attached hydrogen (secondary N) is 2. The molecule has 0 aliphatic carbocycles. The molecule has 1 aliphatic rings. The molecule has 1 heterocycles. The highest BCUT2D eigenvalue weighted by Gasteiger charge is 2.24. The number of rotatable bonds is 6. The van der Waals surface area contributed by atoms with Crippen molar-refractivity contribution in [3.63, 3.8) is 0 Å². The van der Waals surface area contributed by atoms with E-state index in [1.54, 1.807) is 16.8 Å². The van der Waals surface area contributed by atoms with Crippen molar-refractivity contribution in [3.8, 4) is 5.75 Å². The van der Waals surface area contributed by atoms with Crippen LogP contribution in [0, 0.1) is 0 Å². The van der Waals surface area contributed by atoms with Crippen molar-refractivity contribution in [3.05, 3.63) is 24.3 Å². The second kappa shape index (κ2) is 9.43. The van der Waals surface area contributed by atoms with Gasteiger partial charge in [0.1, 0.15) is 5.75 Å². The van der Waals surface area contributed by atoms with Gasteiger partial charge >= 0.3 is 0 Å². The number of ether oxygens (including phenoxy) is 1. The Morgan fingerprint density at radius 2 is 2.04 bits per heavy atom. The second-order valence-corrected chi connectivity index (χ2v) is 7.78. The molecule has 0 saturated carbocycles. The van der Waals surface area contributed by atoms with Gasteiger partial charge < -0.3 is 25.2 Å². The fraction of sp³-hybridized carbons (Fsp3) is 0.550. The lowest BCUT2D eigenvalue weighted by molar-refractivity contribution is -0.123. The number of fused-ring (bicyclic) bond motifs is 1. The Bertz CT molecular complexity index is 727. The number of amides is 2. The lowest BCUT2D eigenvalue weighted by atomic mass is 10.1. The molecule has 28 heavy (non-hydrogen) atoms. The monoisotopic (exact) mass is 389 g/mol. The molecule has 1 aliphatic heterocycles. The molecule has 0 saturated heterocycles. The molecular formula is C20H31N5O3. The number of hydrogen-bond acceptors (Lipinski definition) is 4. The van der Waals surface area contributed by atoms with E-state index < -0.39 is 0 Å². The van der Waals surface area contributed by atoms with E-state index in [-0.39, 0.29) is 30.5 Å². The molecule has 0 spiro atoms. The van der Waals surface area contributed by atoms with Crippen LogP contribution in [0.15, 0.2) is 29.3 Å². The average Bonchev–Trinajstić information content (AvgIpc) is 2.61. The Kier molecular flexibility index (Phi) is 7.25. The highest BCUT2D eigenvalue weighted by molar-refractivity contribution is 5.97. The fourth-order valence-corrected chi connectivity index (χ4v) is 2.97. The SMILES string of the molecule is CN=C(NCCCN1C(=O)COc2ccccc21)N(C)CC(=O)NC(C)(C)C. The first-order valence-corrected chi connectivity index (χ1v) is 9.46. The maximum Gasteiger partial charge on any atom is 0.265 e. The number of carbonyl (C=O) groups is 2. The Labute approximate surface area is 166 Å². The van der Waals surface area contributed by atoms with Gasteiger partial charge in [-0.25, -0.2) is 0 Å². The first kappa shape index (κ1) is 21.5. The van der Waals surface area contributed by atoms with Crippen molar-refractivity contribution in [2.45, 2.75) is 32.7 Å². The fourth-order valence-electron chi connectivity index (χ4n) is 2.97. The third kappa shape index (κ3) is 6.14. The van der Waals surface area contributed by atoms with Crippen LogP contribution in [0.5, 0.6) is 5.75 Å². The van der Waals surface area contributed by atoms with Gasteiger partial charge in [0.25, 0.3) is 5.91 Å². The van der Waals surface area contributed by atoms with E-state index in [9.17, 15) is 9.59 Å². The zero-order chi connectivity index (χ0) is 20.7. The molecule has 0 aromatic heterocycles. The standard InChI is InChI=1S/C20H31N5O3/c1-20(2,3)23-17(26)13-24(5)19(21-4)22-11-8-12-25-15-9-6-7-10-16(15)28-14-18(25)27/h6-7,9-10H,8,11-14H2,1-5H3,(H,21,22)(H,23,26). The number of benzene rings is 1. The molecule has 2 rings (SSSR count). The van der Waals surface area contributed by atoms with Crippen LogP contribution in [0.25, 0.3) is 0 Å². The number of nitrogens with zero attached hydrogens (tertiary/aromatic N) is 3. The van der Waals surface area contributed by atoms with Gasteiger partial charge in [-0.15, -0.1) is 0 Å². The summed E-state index contributed by atoms with van der Waals surface area (Å²) >= 11 is 0.